The Balaban J connectivity index is 1.54. The summed E-state index contributed by atoms with van der Waals surface area (Å²) in [6.45, 7) is 2.57. The van der Waals surface area contributed by atoms with Crippen molar-refractivity contribution in [2.75, 3.05) is 13.2 Å². The maximum absolute atomic E-state index is 13.0. The molecule has 35 heavy (non-hydrogen) atoms. The molecule has 0 radical (unpaired) electrons. The van der Waals surface area contributed by atoms with Crippen LogP contribution < -0.4 is 15.0 Å². The Morgan fingerprint density at radius 3 is 2.77 bits per heavy atom. The standard InChI is InChI=1S/C23H23N7O4S/c1-2-7-34-21-4-3-15(35(32,33)28-6-5-14-11-24-12-25-14)8-17(21)22-29-18-10-20-19(26-13-27-20)9-16(18)23(31)30-22/h3-4,8-13,28H,2,5-7H2,1H3,(H,24,25)(H,26,27)(H,29,30,31). The van der Waals surface area contributed by atoms with Crippen molar-refractivity contribution in [1.82, 2.24) is 34.6 Å². The van der Waals surface area contributed by atoms with Crippen molar-refractivity contribution < 1.29 is 13.2 Å². The number of aromatic nitrogens is 6. The summed E-state index contributed by atoms with van der Waals surface area (Å²) in [6.07, 6.45) is 5.99. The lowest BCUT2D eigenvalue weighted by Gasteiger charge is -2.13. The van der Waals surface area contributed by atoms with Crippen LogP contribution in [0.1, 0.15) is 19.0 Å². The normalized spacial score (nSPS) is 11.9. The number of nitrogens with one attached hydrogen (secondary N) is 4. The quantitative estimate of drug-likeness (QED) is 0.245. The Morgan fingerprint density at radius 2 is 1.97 bits per heavy atom. The molecule has 0 aliphatic carbocycles. The van der Waals surface area contributed by atoms with Crippen LogP contribution in [0, 0.1) is 0 Å². The molecule has 11 nitrogen and oxygen atoms in total. The molecular formula is C23H23N7O4S. The van der Waals surface area contributed by atoms with E-state index in [1.165, 1.54) is 12.1 Å². The third-order valence-electron chi connectivity index (χ3n) is 5.45. The maximum Gasteiger partial charge on any atom is 0.259 e. The molecule has 0 amide bonds. The lowest BCUT2D eigenvalue weighted by atomic mass is 10.1. The van der Waals surface area contributed by atoms with Gasteiger partial charge < -0.3 is 19.7 Å². The van der Waals surface area contributed by atoms with Crippen LogP contribution in [-0.4, -0.2) is 51.5 Å². The monoisotopic (exact) mass is 493 g/mol. The van der Waals surface area contributed by atoms with E-state index in [0.29, 0.717) is 40.8 Å². The molecule has 12 heteroatoms. The first-order valence-corrected chi connectivity index (χ1v) is 12.5. The van der Waals surface area contributed by atoms with Gasteiger partial charge in [-0.15, -0.1) is 0 Å². The van der Waals surface area contributed by atoms with Gasteiger partial charge in [-0.05, 0) is 36.8 Å². The van der Waals surface area contributed by atoms with Crippen molar-refractivity contribution in [2.24, 2.45) is 0 Å². The molecule has 0 aliphatic rings. The number of rotatable bonds is 9. The maximum atomic E-state index is 13.0. The number of sulfonamides is 1. The molecule has 0 bridgehead atoms. The minimum atomic E-state index is -3.83. The predicted octanol–water partition coefficient (Wildman–Crippen LogP) is 2.50. The summed E-state index contributed by atoms with van der Waals surface area (Å²) in [7, 11) is -3.83. The minimum absolute atomic E-state index is 0.0314. The molecule has 0 aliphatic heterocycles. The molecule has 180 valence electrons. The zero-order chi connectivity index (χ0) is 24.4. The van der Waals surface area contributed by atoms with E-state index in [1.54, 1.807) is 37.1 Å². The Labute approximate surface area is 200 Å². The zero-order valence-electron chi connectivity index (χ0n) is 18.8. The van der Waals surface area contributed by atoms with Gasteiger partial charge in [0.25, 0.3) is 5.56 Å². The molecule has 3 aromatic heterocycles. The van der Waals surface area contributed by atoms with Crippen molar-refractivity contribution >= 4 is 32.0 Å². The SMILES string of the molecule is CCCOc1ccc(S(=O)(=O)NCCc2c[nH]cn2)cc1-c1nc2cc3nc[nH]c3cc2c(=O)[nH]1. The van der Waals surface area contributed by atoms with E-state index in [-0.39, 0.29) is 22.8 Å². The highest BCUT2D eigenvalue weighted by molar-refractivity contribution is 7.89. The highest BCUT2D eigenvalue weighted by Crippen LogP contribution is 2.31. The summed E-state index contributed by atoms with van der Waals surface area (Å²) in [6, 6.07) is 7.90. The Hall–Kier alpha value is -4.03. The molecule has 0 saturated carbocycles. The first-order valence-electron chi connectivity index (χ1n) is 11.1. The fourth-order valence-electron chi connectivity index (χ4n) is 3.72. The average Bonchev–Trinajstić information content (AvgIpc) is 3.53. The van der Waals surface area contributed by atoms with Gasteiger partial charge in [-0.1, -0.05) is 6.92 Å². The minimum Gasteiger partial charge on any atom is -0.493 e. The van der Waals surface area contributed by atoms with Crippen LogP contribution in [0.15, 0.2) is 58.9 Å². The molecule has 2 aromatic carbocycles. The highest BCUT2D eigenvalue weighted by Gasteiger charge is 2.19. The molecule has 0 atom stereocenters. The van der Waals surface area contributed by atoms with Gasteiger partial charge in [0.15, 0.2) is 0 Å². The number of imidazole rings is 2. The molecule has 0 fully saturated rings. The van der Waals surface area contributed by atoms with Crippen LogP contribution in [0.3, 0.4) is 0 Å². The van der Waals surface area contributed by atoms with Crippen molar-refractivity contribution in [2.45, 2.75) is 24.7 Å². The van der Waals surface area contributed by atoms with E-state index in [4.69, 9.17) is 4.74 Å². The van der Waals surface area contributed by atoms with E-state index in [2.05, 4.69) is 34.6 Å². The van der Waals surface area contributed by atoms with Crippen LogP contribution in [0.4, 0.5) is 0 Å². The zero-order valence-corrected chi connectivity index (χ0v) is 19.6. The summed E-state index contributed by atoms with van der Waals surface area (Å²) in [5, 5.41) is 0.394. The average molecular weight is 494 g/mol. The van der Waals surface area contributed by atoms with Crippen LogP contribution in [0.25, 0.3) is 33.3 Å². The number of aromatic amines is 3. The van der Waals surface area contributed by atoms with Crippen molar-refractivity contribution in [3.8, 4) is 17.1 Å². The molecule has 3 heterocycles. The van der Waals surface area contributed by atoms with Gasteiger partial charge in [0, 0.05) is 19.2 Å². The number of fused-ring (bicyclic) bond motifs is 2. The van der Waals surface area contributed by atoms with Gasteiger partial charge in [-0.3, -0.25) is 4.79 Å². The number of ether oxygens (including phenoxy) is 1. The predicted molar refractivity (Wildman–Crippen MR) is 131 cm³/mol. The van der Waals surface area contributed by atoms with E-state index >= 15 is 0 Å². The second-order valence-electron chi connectivity index (χ2n) is 7.92. The van der Waals surface area contributed by atoms with E-state index in [9.17, 15) is 13.2 Å². The summed E-state index contributed by atoms with van der Waals surface area (Å²) in [5.74, 6) is 0.628. The lowest BCUT2D eigenvalue weighted by Crippen LogP contribution is -2.26. The van der Waals surface area contributed by atoms with E-state index in [0.717, 1.165) is 17.6 Å². The van der Waals surface area contributed by atoms with Crippen LogP contribution in [0.2, 0.25) is 0 Å². The molecule has 0 unspecified atom stereocenters. The third kappa shape index (κ3) is 4.66. The first-order chi connectivity index (χ1) is 16.9. The van der Waals surface area contributed by atoms with Crippen molar-refractivity contribution in [3.63, 3.8) is 0 Å². The van der Waals surface area contributed by atoms with Gasteiger partial charge in [0.05, 0.1) is 57.4 Å². The molecule has 5 aromatic rings. The molecular weight excluding hydrogens is 470 g/mol. The molecule has 4 N–H and O–H groups in total. The molecule has 0 spiro atoms. The van der Waals surface area contributed by atoms with Gasteiger partial charge in [0.1, 0.15) is 11.6 Å². The van der Waals surface area contributed by atoms with Crippen LogP contribution in [-0.2, 0) is 16.4 Å². The van der Waals surface area contributed by atoms with Gasteiger partial charge >= 0.3 is 0 Å². The van der Waals surface area contributed by atoms with Gasteiger partial charge in [0.2, 0.25) is 10.0 Å². The fraction of sp³-hybridized carbons (Fsp3) is 0.217. The van der Waals surface area contributed by atoms with E-state index in [1.807, 2.05) is 6.92 Å². The second-order valence-corrected chi connectivity index (χ2v) is 9.69. The van der Waals surface area contributed by atoms with Gasteiger partial charge in [-0.25, -0.2) is 28.1 Å². The summed E-state index contributed by atoms with van der Waals surface area (Å²) < 4.78 is 34.4. The number of hydrogen-bond acceptors (Lipinski definition) is 7. The number of benzene rings is 2. The fourth-order valence-corrected chi connectivity index (χ4v) is 4.78. The van der Waals surface area contributed by atoms with Gasteiger partial charge in [-0.2, -0.15) is 0 Å². The molecule has 5 rings (SSSR count). The number of nitrogens with zero attached hydrogens (tertiary/aromatic N) is 3. The van der Waals surface area contributed by atoms with Crippen molar-refractivity contribution in [1.29, 1.82) is 0 Å². The first kappa shape index (κ1) is 22.7. The largest absolute Gasteiger partial charge is 0.493 e. The topological polar surface area (TPSA) is 159 Å². The Morgan fingerprint density at radius 1 is 1.09 bits per heavy atom. The lowest BCUT2D eigenvalue weighted by molar-refractivity contribution is 0.318. The Kier molecular flexibility index (Phi) is 6.05. The van der Waals surface area contributed by atoms with Crippen molar-refractivity contribution in [3.05, 3.63) is 65.2 Å². The van der Waals surface area contributed by atoms with E-state index < -0.39 is 10.0 Å². The summed E-state index contributed by atoms with van der Waals surface area (Å²) >= 11 is 0. The Bertz CT molecular complexity index is 1660. The summed E-state index contributed by atoms with van der Waals surface area (Å²) in [5.41, 5.74) is 2.60. The number of hydrogen-bond donors (Lipinski definition) is 4. The smallest absolute Gasteiger partial charge is 0.259 e. The summed E-state index contributed by atoms with van der Waals surface area (Å²) in [4.78, 5) is 34.4. The van der Waals surface area contributed by atoms with Crippen LogP contribution in [0.5, 0.6) is 5.75 Å². The van der Waals surface area contributed by atoms with Crippen LogP contribution >= 0.6 is 0 Å². The number of H-pyrrole nitrogens is 3. The molecule has 0 saturated heterocycles. The second kappa shape index (κ2) is 9.31. The third-order valence-corrected chi connectivity index (χ3v) is 6.91. The highest BCUT2D eigenvalue weighted by atomic mass is 32.2.